The lowest BCUT2D eigenvalue weighted by molar-refractivity contribution is -0.194. The molecule has 19 heavy (non-hydrogen) atoms. The maximum Gasteiger partial charge on any atom is 0.115 e. The zero-order chi connectivity index (χ0) is 13.3. The van der Waals surface area contributed by atoms with Crippen molar-refractivity contribution in [3.8, 4) is 5.75 Å². The van der Waals surface area contributed by atoms with Crippen LogP contribution in [0.15, 0.2) is 24.3 Å². The summed E-state index contributed by atoms with van der Waals surface area (Å²) in [4.78, 5) is 5.28. The van der Waals surface area contributed by atoms with E-state index in [-0.39, 0.29) is 0 Å². The summed E-state index contributed by atoms with van der Waals surface area (Å²) in [5.41, 5.74) is 2.26. The molecular weight excluding hydrogens is 236 g/mol. The summed E-state index contributed by atoms with van der Waals surface area (Å²) >= 11 is 0. The average molecular weight is 258 g/mol. The Bertz CT molecular complexity index is 474. The van der Waals surface area contributed by atoms with Crippen molar-refractivity contribution in [1.82, 2.24) is 9.80 Å². The Balaban J connectivity index is 1.71. The van der Waals surface area contributed by atoms with Crippen LogP contribution >= 0.6 is 0 Å². The van der Waals surface area contributed by atoms with Gasteiger partial charge in [0.2, 0.25) is 0 Å². The van der Waals surface area contributed by atoms with Gasteiger partial charge in [0.15, 0.2) is 0 Å². The predicted octanol–water partition coefficient (Wildman–Crippen LogP) is 2.44. The van der Waals surface area contributed by atoms with Crippen LogP contribution in [0.2, 0.25) is 0 Å². The molecule has 4 heterocycles. The molecule has 3 nitrogen and oxygen atoms in total. The normalized spacial score (nSPS) is 47.6. The topological polar surface area (TPSA) is 26.7 Å². The van der Waals surface area contributed by atoms with E-state index in [1.54, 1.807) is 0 Å². The molecule has 4 bridgehead atoms. The number of piperidine rings is 2. The molecular formula is C16H22N2O. The quantitative estimate of drug-likeness (QED) is 0.838. The van der Waals surface area contributed by atoms with Crippen LogP contribution in [-0.4, -0.2) is 41.1 Å². The van der Waals surface area contributed by atoms with Crippen molar-refractivity contribution in [1.29, 1.82) is 0 Å². The molecule has 102 valence electrons. The molecule has 0 aromatic heterocycles. The molecule has 0 aliphatic carbocycles. The summed E-state index contributed by atoms with van der Waals surface area (Å²) in [6.45, 7) is 9.73. The predicted molar refractivity (Wildman–Crippen MR) is 74.8 cm³/mol. The molecule has 4 aliphatic rings. The van der Waals surface area contributed by atoms with Crippen molar-refractivity contribution >= 4 is 0 Å². The highest BCUT2D eigenvalue weighted by Crippen LogP contribution is 2.54. The summed E-state index contributed by atoms with van der Waals surface area (Å²) in [6, 6.07) is 7.78. The van der Waals surface area contributed by atoms with Crippen LogP contribution in [0, 0.1) is 10.8 Å². The highest BCUT2D eigenvalue weighted by Gasteiger charge is 2.56. The number of phenolic OH excluding ortho intramolecular Hbond substituents is 1. The number of rotatable bonds is 1. The van der Waals surface area contributed by atoms with Crippen molar-refractivity contribution in [2.45, 2.75) is 26.4 Å². The second kappa shape index (κ2) is 3.53. The molecule has 0 amide bonds. The first kappa shape index (κ1) is 11.7. The number of hydrogen-bond donors (Lipinski definition) is 1. The highest BCUT2D eigenvalue weighted by atomic mass is 16.3. The minimum Gasteiger partial charge on any atom is -0.508 e. The summed E-state index contributed by atoms with van der Waals surface area (Å²) < 4.78 is 0. The van der Waals surface area contributed by atoms with E-state index in [1.165, 1.54) is 38.2 Å². The van der Waals surface area contributed by atoms with Crippen molar-refractivity contribution in [3.05, 3.63) is 29.8 Å². The van der Waals surface area contributed by atoms with Crippen LogP contribution < -0.4 is 0 Å². The minimum absolute atomic E-state index is 0.358. The fourth-order valence-corrected chi connectivity index (χ4v) is 5.07. The third-order valence-electron chi connectivity index (χ3n) is 5.08. The molecule has 0 radical (unpaired) electrons. The molecule has 0 atom stereocenters. The van der Waals surface area contributed by atoms with Crippen LogP contribution in [0.1, 0.15) is 32.0 Å². The van der Waals surface area contributed by atoms with Gasteiger partial charge in [0.1, 0.15) is 5.75 Å². The van der Waals surface area contributed by atoms with Crippen LogP contribution in [0.25, 0.3) is 0 Å². The Kier molecular flexibility index (Phi) is 2.18. The average Bonchev–Trinajstić information content (AvgIpc) is 2.27. The number of aromatic hydroxyl groups is 1. The molecule has 4 aliphatic heterocycles. The molecule has 1 N–H and O–H groups in total. The largest absolute Gasteiger partial charge is 0.508 e. The summed E-state index contributed by atoms with van der Waals surface area (Å²) in [5.74, 6) is 0.358. The SMILES string of the molecule is CC12CN3CC(C)(CN(C1)C3c1ccc(O)cc1)C2. The van der Waals surface area contributed by atoms with Crippen molar-refractivity contribution in [2.75, 3.05) is 26.2 Å². The van der Waals surface area contributed by atoms with Crippen molar-refractivity contribution in [2.24, 2.45) is 10.8 Å². The molecule has 1 aromatic rings. The molecule has 0 spiro atoms. The third kappa shape index (κ3) is 1.72. The van der Waals surface area contributed by atoms with Gasteiger partial charge >= 0.3 is 0 Å². The van der Waals surface area contributed by atoms with Gasteiger partial charge in [-0.05, 0) is 34.9 Å². The number of nitrogens with zero attached hydrogens (tertiary/aromatic N) is 2. The Hall–Kier alpha value is -1.06. The molecule has 5 rings (SSSR count). The van der Waals surface area contributed by atoms with Gasteiger partial charge in [0.25, 0.3) is 0 Å². The lowest BCUT2D eigenvalue weighted by atomic mass is 9.63. The van der Waals surface area contributed by atoms with E-state index in [2.05, 4.69) is 35.8 Å². The van der Waals surface area contributed by atoms with E-state index >= 15 is 0 Å². The minimum atomic E-state index is 0.358. The lowest BCUT2D eigenvalue weighted by Gasteiger charge is -2.66. The van der Waals surface area contributed by atoms with Crippen LogP contribution in [0.3, 0.4) is 0 Å². The van der Waals surface area contributed by atoms with E-state index in [4.69, 9.17) is 0 Å². The standard InChI is InChI=1S/C16H22N2O/c1-15-7-16(2)10-17(8-15)14(18(9-15)11-16)12-3-5-13(19)6-4-12/h3-6,14,19H,7-11H2,1-2H3. The molecule has 1 aromatic carbocycles. The van der Waals surface area contributed by atoms with Gasteiger partial charge < -0.3 is 5.11 Å². The molecule has 0 saturated carbocycles. The first-order valence-corrected chi connectivity index (χ1v) is 7.24. The molecule has 3 heteroatoms. The van der Waals surface area contributed by atoms with Gasteiger partial charge in [0, 0.05) is 26.2 Å². The van der Waals surface area contributed by atoms with E-state index < -0.39 is 0 Å². The zero-order valence-corrected chi connectivity index (χ0v) is 11.8. The summed E-state index contributed by atoms with van der Waals surface area (Å²) in [6.07, 6.45) is 1.79. The van der Waals surface area contributed by atoms with E-state index in [1.807, 2.05) is 12.1 Å². The number of phenols is 1. The third-order valence-corrected chi connectivity index (χ3v) is 5.08. The van der Waals surface area contributed by atoms with Gasteiger partial charge in [-0.1, -0.05) is 26.0 Å². The first-order valence-electron chi connectivity index (χ1n) is 7.24. The maximum absolute atomic E-state index is 9.46. The second-order valence-corrected chi connectivity index (χ2v) is 7.57. The Morgan fingerprint density at radius 2 is 1.42 bits per heavy atom. The molecule has 4 saturated heterocycles. The highest BCUT2D eigenvalue weighted by molar-refractivity contribution is 5.29. The smallest absolute Gasteiger partial charge is 0.115 e. The van der Waals surface area contributed by atoms with Crippen molar-refractivity contribution in [3.63, 3.8) is 0 Å². The summed E-state index contributed by atoms with van der Waals surface area (Å²) in [5, 5.41) is 9.46. The lowest BCUT2D eigenvalue weighted by Crippen LogP contribution is -2.70. The Labute approximate surface area is 114 Å². The summed E-state index contributed by atoms with van der Waals surface area (Å²) in [7, 11) is 0. The van der Waals surface area contributed by atoms with Crippen LogP contribution in [-0.2, 0) is 0 Å². The first-order chi connectivity index (χ1) is 8.96. The van der Waals surface area contributed by atoms with Gasteiger partial charge in [-0.15, -0.1) is 0 Å². The Morgan fingerprint density at radius 1 is 0.947 bits per heavy atom. The monoisotopic (exact) mass is 258 g/mol. The van der Waals surface area contributed by atoms with E-state index in [9.17, 15) is 5.11 Å². The fraction of sp³-hybridized carbons (Fsp3) is 0.625. The van der Waals surface area contributed by atoms with Gasteiger partial charge in [0.05, 0.1) is 6.17 Å². The second-order valence-electron chi connectivity index (χ2n) is 7.57. The molecule has 0 unspecified atom stereocenters. The van der Waals surface area contributed by atoms with E-state index in [0.29, 0.717) is 22.7 Å². The van der Waals surface area contributed by atoms with Crippen LogP contribution in [0.5, 0.6) is 5.75 Å². The van der Waals surface area contributed by atoms with Gasteiger partial charge in [-0.3, -0.25) is 9.80 Å². The van der Waals surface area contributed by atoms with Crippen LogP contribution in [0.4, 0.5) is 0 Å². The maximum atomic E-state index is 9.46. The van der Waals surface area contributed by atoms with E-state index in [0.717, 1.165) is 0 Å². The fourth-order valence-electron chi connectivity index (χ4n) is 5.07. The van der Waals surface area contributed by atoms with Gasteiger partial charge in [-0.2, -0.15) is 0 Å². The van der Waals surface area contributed by atoms with Gasteiger partial charge in [-0.25, -0.2) is 0 Å². The zero-order valence-electron chi connectivity index (χ0n) is 11.8. The number of hydrogen-bond acceptors (Lipinski definition) is 3. The number of benzene rings is 1. The Morgan fingerprint density at radius 3 is 1.89 bits per heavy atom. The van der Waals surface area contributed by atoms with Crippen molar-refractivity contribution < 1.29 is 5.11 Å². The molecule has 4 fully saturated rings.